The molecule has 6 nitrogen and oxygen atoms in total. The van der Waals surface area contributed by atoms with Crippen LogP contribution in [-0.4, -0.2) is 74.7 Å². The van der Waals surface area contributed by atoms with Crippen LogP contribution in [0.25, 0.3) is 0 Å². The van der Waals surface area contributed by atoms with Crippen molar-refractivity contribution in [3.63, 3.8) is 0 Å². The molecule has 0 saturated carbocycles. The Morgan fingerprint density at radius 3 is 0.833 bits per heavy atom. The summed E-state index contributed by atoms with van der Waals surface area (Å²) in [6.45, 7) is 13.8. The highest BCUT2D eigenvalue weighted by Gasteiger charge is 2.05. The largest absolute Gasteiger partial charge is 0.483 e. The summed E-state index contributed by atoms with van der Waals surface area (Å²) in [5.74, 6) is 0. The molecule has 0 rings (SSSR count). The molecule has 0 aromatic heterocycles. The smallest absolute Gasteiger partial charge is 0.290 e. The molecule has 0 saturated heterocycles. The van der Waals surface area contributed by atoms with Crippen LogP contribution in [0, 0.1) is 0 Å². The zero-order chi connectivity index (χ0) is 40.9. The van der Waals surface area contributed by atoms with Gasteiger partial charge >= 0.3 is 0 Å². The Hall–Kier alpha value is -1.27. The molecule has 0 aliphatic heterocycles. The van der Waals surface area contributed by atoms with Crippen LogP contribution in [0.3, 0.4) is 0 Å². The van der Waals surface area contributed by atoms with Gasteiger partial charge in [-0.2, -0.15) is 0 Å². The number of aldehydes is 1. The first kappa shape index (κ1) is 59.4. The van der Waals surface area contributed by atoms with Crippen LogP contribution in [0.15, 0.2) is 0 Å². The third-order valence-electron chi connectivity index (χ3n) is 10.4. The first-order valence-corrected chi connectivity index (χ1v) is 23.7. The summed E-state index contributed by atoms with van der Waals surface area (Å²) in [5, 5.41) is 6.89. The quantitative estimate of drug-likeness (QED) is 0.0493. The highest BCUT2D eigenvalue weighted by Crippen LogP contribution is 2.15. The van der Waals surface area contributed by atoms with Crippen LogP contribution >= 0.6 is 0 Å². The molecule has 0 amide bonds. The van der Waals surface area contributed by atoms with Crippen molar-refractivity contribution < 1.29 is 19.5 Å². The van der Waals surface area contributed by atoms with Gasteiger partial charge in [-0.3, -0.25) is 4.79 Å². The molecule has 0 heterocycles. The third kappa shape index (κ3) is 65.6. The summed E-state index contributed by atoms with van der Waals surface area (Å²) in [7, 11) is 4.43. The Balaban J connectivity index is -0.000000699. The van der Waals surface area contributed by atoms with Gasteiger partial charge in [0.1, 0.15) is 13.1 Å². The lowest BCUT2D eigenvalue weighted by molar-refractivity contribution is -0.122. The number of carboxylic acid groups (broad SMARTS) is 1. The van der Waals surface area contributed by atoms with E-state index in [-0.39, 0.29) is 6.47 Å². The molecular formula is C48H100N2O4. The standard InChI is InChI=1S/C37H78N2.C9H18O.CH2O2.CH2O/c1-5-7-9-11-13-15-17-19-21-23-25-27-29-31-35-39(37-33-34-38(3)4)36-32-30-28-26-24-22-20-18-16-14-12-10-8-6-2;1-2-3-4-5-6-7-8-9-10;2-1-3;1-2/h5-37H2,1-4H3;9H,2-8H2,1H3;1H,(H,2,3);1H2. The minimum Gasteiger partial charge on any atom is -0.483 e. The molecule has 0 radical (unpaired) electrons. The van der Waals surface area contributed by atoms with Gasteiger partial charge in [0.25, 0.3) is 6.47 Å². The molecule has 0 aliphatic carbocycles. The van der Waals surface area contributed by atoms with Crippen LogP contribution in [0.5, 0.6) is 0 Å². The van der Waals surface area contributed by atoms with E-state index < -0.39 is 0 Å². The molecule has 6 heteroatoms. The first-order chi connectivity index (χ1) is 26.5. The van der Waals surface area contributed by atoms with Gasteiger partial charge in [-0.15, -0.1) is 0 Å². The van der Waals surface area contributed by atoms with Crippen molar-refractivity contribution in [1.29, 1.82) is 0 Å². The van der Waals surface area contributed by atoms with Gasteiger partial charge in [-0.25, -0.2) is 0 Å². The molecule has 0 aromatic rings. The zero-order valence-electron chi connectivity index (χ0n) is 37.7. The predicted octanol–water partition coefficient (Wildman–Crippen LogP) is 14.7. The molecule has 0 atom stereocenters. The van der Waals surface area contributed by atoms with Gasteiger partial charge in [0.2, 0.25) is 0 Å². The number of hydrogen-bond acceptors (Lipinski definition) is 5. The Kier molecular flexibility index (Phi) is 67.1. The number of hydrogen-bond donors (Lipinski definition) is 1. The van der Waals surface area contributed by atoms with E-state index in [0.717, 1.165) is 19.1 Å². The monoisotopic (exact) mass is 769 g/mol. The average molecular weight is 769 g/mol. The fourth-order valence-electron chi connectivity index (χ4n) is 7.01. The van der Waals surface area contributed by atoms with Gasteiger partial charge in [-0.05, 0) is 66.0 Å². The fourth-order valence-corrected chi connectivity index (χ4v) is 7.01. The van der Waals surface area contributed by atoms with Crippen LogP contribution in [0.2, 0.25) is 0 Å². The van der Waals surface area contributed by atoms with E-state index in [0.29, 0.717) is 0 Å². The van der Waals surface area contributed by atoms with Crippen molar-refractivity contribution in [2.75, 3.05) is 40.3 Å². The van der Waals surface area contributed by atoms with Crippen molar-refractivity contribution in [3.8, 4) is 0 Å². The average Bonchev–Trinajstić information content (AvgIpc) is 3.17. The first-order valence-electron chi connectivity index (χ1n) is 23.7. The molecule has 1 N–H and O–H groups in total. The number of unbranched alkanes of at least 4 members (excludes halogenated alkanes) is 32. The third-order valence-corrected chi connectivity index (χ3v) is 10.4. The number of rotatable bonds is 41. The maximum absolute atomic E-state index is 9.89. The molecule has 0 aromatic carbocycles. The second-order valence-electron chi connectivity index (χ2n) is 16.0. The van der Waals surface area contributed by atoms with E-state index in [1.807, 2.05) is 6.79 Å². The maximum atomic E-state index is 9.89. The number of carbonyl (C=O) groups excluding carboxylic acids is 2. The van der Waals surface area contributed by atoms with Crippen molar-refractivity contribution in [2.24, 2.45) is 0 Å². The second kappa shape index (κ2) is 61.0. The minimum atomic E-state index is -0.250. The zero-order valence-corrected chi connectivity index (χ0v) is 37.7. The maximum Gasteiger partial charge on any atom is 0.290 e. The summed E-state index contributed by atoms with van der Waals surface area (Å²) in [6.07, 6.45) is 51.5. The second-order valence-corrected chi connectivity index (χ2v) is 16.0. The van der Waals surface area contributed by atoms with Crippen molar-refractivity contribution in [1.82, 2.24) is 9.80 Å². The van der Waals surface area contributed by atoms with Gasteiger partial charge in [0.05, 0.1) is 0 Å². The Morgan fingerprint density at radius 1 is 0.370 bits per heavy atom. The SMILES string of the molecule is C=O.CCCCCCCCC=O.CCCCCCCCCCCCCCCCN(CCCCCCCCCCCCCCCC)CCCN(C)C.O=CO. The summed E-state index contributed by atoms with van der Waals surface area (Å²) in [6, 6.07) is 0. The Labute approximate surface area is 340 Å². The fraction of sp³-hybridized carbons (Fsp3) is 0.938. The topological polar surface area (TPSA) is 77.9 Å². The summed E-state index contributed by atoms with van der Waals surface area (Å²) in [5.41, 5.74) is 0. The highest BCUT2D eigenvalue weighted by atomic mass is 16.3. The van der Waals surface area contributed by atoms with Gasteiger partial charge in [0, 0.05) is 6.42 Å². The van der Waals surface area contributed by atoms with Gasteiger partial charge in [0.15, 0.2) is 0 Å². The molecular weight excluding hydrogens is 669 g/mol. The number of carbonyl (C=O) groups is 3. The van der Waals surface area contributed by atoms with E-state index in [9.17, 15) is 4.79 Å². The number of nitrogens with zero attached hydrogens (tertiary/aromatic N) is 2. The Bertz CT molecular complexity index is 602. The van der Waals surface area contributed by atoms with E-state index in [4.69, 9.17) is 14.7 Å². The predicted molar refractivity (Wildman–Crippen MR) is 240 cm³/mol. The highest BCUT2D eigenvalue weighted by molar-refractivity contribution is 5.48. The lowest BCUT2D eigenvalue weighted by atomic mass is 10.0. The minimum absolute atomic E-state index is 0.250. The van der Waals surface area contributed by atoms with E-state index in [2.05, 4.69) is 44.7 Å². The summed E-state index contributed by atoms with van der Waals surface area (Å²) >= 11 is 0. The van der Waals surface area contributed by atoms with Crippen LogP contribution < -0.4 is 0 Å². The van der Waals surface area contributed by atoms with E-state index in [1.165, 1.54) is 244 Å². The van der Waals surface area contributed by atoms with Crippen molar-refractivity contribution >= 4 is 19.5 Å². The molecule has 326 valence electrons. The molecule has 54 heavy (non-hydrogen) atoms. The van der Waals surface area contributed by atoms with Crippen molar-refractivity contribution in [2.45, 2.75) is 252 Å². The molecule has 0 fully saturated rings. The lowest BCUT2D eigenvalue weighted by Gasteiger charge is -2.23. The van der Waals surface area contributed by atoms with Crippen LogP contribution in [-0.2, 0) is 14.4 Å². The van der Waals surface area contributed by atoms with Gasteiger partial charge in [-0.1, -0.05) is 220 Å². The van der Waals surface area contributed by atoms with Crippen LogP contribution in [0.4, 0.5) is 0 Å². The normalized spacial score (nSPS) is 10.6. The lowest BCUT2D eigenvalue weighted by Crippen LogP contribution is -2.29. The molecule has 0 unspecified atom stereocenters. The van der Waals surface area contributed by atoms with E-state index in [1.54, 1.807) is 0 Å². The van der Waals surface area contributed by atoms with Crippen molar-refractivity contribution in [3.05, 3.63) is 0 Å². The molecule has 0 spiro atoms. The summed E-state index contributed by atoms with van der Waals surface area (Å²) in [4.78, 5) is 31.4. The van der Waals surface area contributed by atoms with Gasteiger partial charge < -0.3 is 24.5 Å². The Morgan fingerprint density at radius 2 is 0.593 bits per heavy atom. The van der Waals surface area contributed by atoms with Crippen LogP contribution in [0.1, 0.15) is 252 Å². The molecule has 0 bridgehead atoms. The van der Waals surface area contributed by atoms with E-state index >= 15 is 0 Å². The molecule has 0 aliphatic rings. The summed E-state index contributed by atoms with van der Waals surface area (Å²) < 4.78 is 0.